The van der Waals surface area contributed by atoms with Crippen LogP contribution in [-0.4, -0.2) is 0 Å². The van der Waals surface area contributed by atoms with Crippen LogP contribution in [0, 0.1) is 30.4 Å². The molecule has 0 aliphatic rings. The van der Waals surface area contributed by atoms with Gasteiger partial charge in [0.2, 0.25) is 0 Å². The Morgan fingerprint density at radius 2 is 1.32 bits per heavy atom. The number of rotatable bonds is 5. The lowest BCUT2D eigenvalue weighted by Gasteiger charge is -2.04. The second-order valence-corrected chi connectivity index (χ2v) is 7.08. The Balaban J connectivity index is 1.76. The predicted octanol–water partition coefficient (Wildman–Crippen LogP) is 7.07. The number of unbranched alkanes of at least 4 members (excludes halogenated alkanes) is 2. The normalized spacial score (nSPS) is 10.4. The molecule has 0 atom stereocenters. The Morgan fingerprint density at radius 1 is 0.750 bits per heavy atom. The van der Waals surface area contributed by atoms with Crippen LogP contribution in [0.2, 0.25) is 0 Å². The van der Waals surface area contributed by atoms with E-state index >= 15 is 0 Å². The minimum atomic E-state index is -0.588. The van der Waals surface area contributed by atoms with Gasteiger partial charge in [0.1, 0.15) is 11.6 Å². The van der Waals surface area contributed by atoms with Crippen LogP contribution in [0.5, 0.6) is 0 Å². The van der Waals surface area contributed by atoms with E-state index in [9.17, 15) is 8.78 Å². The molecule has 0 saturated heterocycles. The molecule has 142 valence electrons. The highest BCUT2D eigenvalue weighted by molar-refractivity contribution is 5.64. The third kappa shape index (κ3) is 5.08. The van der Waals surface area contributed by atoms with E-state index in [4.69, 9.17) is 0 Å². The van der Waals surface area contributed by atoms with Gasteiger partial charge in [-0.3, -0.25) is 0 Å². The summed E-state index contributed by atoms with van der Waals surface area (Å²) in [6.07, 6.45) is 3.77. The van der Waals surface area contributed by atoms with Gasteiger partial charge < -0.3 is 0 Å². The van der Waals surface area contributed by atoms with Gasteiger partial charge in [0.05, 0.1) is 5.56 Å². The molecule has 3 aromatic carbocycles. The molecule has 3 aromatic rings. The predicted molar refractivity (Wildman–Crippen MR) is 112 cm³/mol. The molecule has 28 heavy (non-hydrogen) atoms. The van der Waals surface area contributed by atoms with E-state index in [0.29, 0.717) is 12.0 Å². The quantitative estimate of drug-likeness (QED) is 0.331. The van der Waals surface area contributed by atoms with Crippen molar-refractivity contribution in [2.45, 2.75) is 39.5 Å². The Labute approximate surface area is 166 Å². The zero-order valence-corrected chi connectivity index (χ0v) is 16.4. The molecule has 0 aromatic heterocycles. The van der Waals surface area contributed by atoms with E-state index < -0.39 is 11.6 Å². The fourth-order valence-electron chi connectivity index (χ4n) is 3.10. The van der Waals surface area contributed by atoms with E-state index in [1.54, 1.807) is 0 Å². The molecule has 0 nitrogen and oxygen atoms in total. The molecule has 0 radical (unpaired) electrons. The third-order valence-corrected chi connectivity index (χ3v) is 4.77. The maximum atomic E-state index is 14.3. The van der Waals surface area contributed by atoms with Crippen molar-refractivity contribution in [3.8, 4) is 23.0 Å². The molecule has 0 bridgehead atoms. The third-order valence-electron chi connectivity index (χ3n) is 4.77. The minimum absolute atomic E-state index is 0.165. The molecule has 2 heteroatoms. The van der Waals surface area contributed by atoms with Gasteiger partial charge >= 0.3 is 0 Å². The van der Waals surface area contributed by atoms with Gasteiger partial charge in [-0.15, -0.1) is 0 Å². The zero-order valence-electron chi connectivity index (χ0n) is 16.4. The van der Waals surface area contributed by atoms with Gasteiger partial charge in [0.15, 0.2) is 0 Å². The van der Waals surface area contributed by atoms with Crippen LogP contribution in [0.25, 0.3) is 11.1 Å². The monoisotopic (exact) mass is 374 g/mol. The smallest absolute Gasteiger partial charge is 0.142 e. The molecule has 0 saturated carbocycles. The van der Waals surface area contributed by atoms with E-state index in [1.807, 2.05) is 24.3 Å². The largest absolute Gasteiger partial charge is 0.206 e. The second kappa shape index (κ2) is 9.33. The van der Waals surface area contributed by atoms with Crippen LogP contribution in [-0.2, 0) is 6.42 Å². The maximum absolute atomic E-state index is 14.3. The summed E-state index contributed by atoms with van der Waals surface area (Å²) in [5.74, 6) is 4.36. The highest BCUT2D eigenvalue weighted by Crippen LogP contribution is 2.20. The highest BCUT2D eigenvalue weighted by atomic mass is 19.1. The molecule has 0 spiro atoms. The van der Waals surface area contributed by atoms with Crippen molar-refractivity contribution in [1.29, 1.82) is 0 Å². The van der Waals surface area contributed by atoms with Gasteiger partial charge in [0.25, 0.3) is 0 Å². The van der Waals surface area contributed by atoms with Crippen molar-refractivity contribution < 1.29 is 8.78 Å². The summed E-state index contributed by atoms with van der Waals surface area (Å²) < 4.78 is 28.6. The molecule has 3 rings (SSSR count). The van der Waals surface area contributed by atoms with Gasteiger partial charge in [-0.1, -0.05) is 73.6 Å². The molecular formula is C26H24F2. The first-order valence-electron chi connectivity index (χ1n) is 9.74. The summed E-state index contributed by atoms with van der Waals surface area (Å²) >= 11 is 0. The number of hydrogen-bond acceptors (Lipinski definition) is 0. The average molecular weight is 374 g/mol. The maximum Gasteiger partial charge on any atom is 0.142 e. The average Bonchev–Trinajstić information content (AvgIpc) is 2.69. The first-order chi connectivity index (χ1) is 13.6. The molecule has 0 aliphatic carbocycles. The SMILES string of the molecule is CCCCCc1cc(F)c(C#Cc2ccc(-c3ccc(C)cc3)cc2)c(F)c1. The van der Waals surface area contributed by atoms with Crippen LogP contribution < -0.4 is 0 Å². The van der Waals surface area contributed by atoms with Crippen LogP contribution in [0.15, 0.2) is 60.7 Å². The van der Waals surface area contributed by atoms with Crippen molar-refractivity contribution in [1.82, 2.24) is 0 Å². The zero-order chi connectivity index (χ0) is 19.9. The summed E-state index contributed by atoms with van der Waals surface area (Å²) in [4.78, 5) is 0. The van der Waals surface area contributed by atoms with Crippen molar-refractivity contribution in [3.05, 3.63) is 94.6 Å². The number of aryl methyl sites for hydroxylation is 2. The number of benzene rings is 3. The fourth-order valence-corrected chi connectivity index (χ4v) is 3.10. The van der Waals surface area contributed by atoms with E-state index in [1.165, 1.54) is 17.7 Å². The first-order valence-corrected chi connectivity index (χ1v) is 9.74. The fraction of sp³-hybridized carbons (Fsp3) is 0.231. The van der Waals surface area contributed by atoms with E-state index in [0.717, 1.165) is 36.0 Å². The van der Waals surface area contributed by atoms with Gasteiger partial charge in [0, 0.05) is 5.56 Å². The van der Waals surface area contributed by atoms with Crippen molar-refractivity contribution in [2.24, 2.45) is 0 Å². The molecule has 0 fully saturated rings. The van der Waals surface area contributed by atoms with Crippen LogP contribution >= 0.6 is 0 Å². The summed E-state index contributed by atoms with van der Waals surface area (Å²) in [5, 5.41) is 0. The second-order valence-electron chi connectivity index (χ2n) is 7.08. The number of hydrogen-bond donors (Lipinski definition) is 0. The lowest BCUT2D eigenvalue weighted by Crippen LogP contribution is -1.95. The Kier molecular flexibility index (Phi) is 6.61. The standard InChI is InChI=1S/C26H24F2/c1-3-4-5-6-21-17-25(27)24(26(28)18-21)16-11-20-9-14-23(15-10-20)22-12-7-19(2)8-13-22/h7-10,12-15,17-18H,3-6H2,1-2H3. The topological polar surface area (TPSA) is 0 Å². The van der Waals surface area contributed by atoms with E-state index in [2.05, 4.69) is 50.0 Å². The Hall–Kier alpha value is -2.92. The van der Waals surface area contributed by atoms with E-state index in [-0.39, 0.29) is 5.56 Å². The molecule has 0 N–H and O–H groups in total. The van der Waals surface area contributed by atoms with Crippen LogP contribution in [0.1, 0.15) is 48.4 Å². The van der Waals surface area contributed by atoms with Gasteiger partial charge in [-0.2, -0.15) is 0 Å². The van der Waals surface area contributed by atoms with Crippen LogP contribution in [0.3, 0.4) is 0 Å². The van der Waals surface area contributed by atoms with Crippen molar-refractivity contribution in [3.63, 3.8) is 0 Å². The Bertz CT molecular complexity index is 964. The molecular weight excluding hydrogens is 350 g/mol. The van der Waals surface area contributed by atoms with Crippen LogP contribution in [0.4, 0.5) is 8.78 Å². The number of halogens is 2. The minimum Gasteiger partial charge on any atom is -0.206 e. The molecule has 0 amide bonds. The van der Waals surface area contributed by atoms with Gasteiger partial charge in [-0.25, -0.2) is 8.78 Å². The first kappa shape index (κ1) is 19.8. The molecule has 0 aliphatic heterocycles. The van der Waals surface area contributed by atoms with Crippen molar-refractivity contribution in [2.75, 3.05) is 0 Å². The van der Waals surface area contributed by atoms with Crippen molar-refractivity contribution >= 4 is 0 Å². The van der Waals surface area contributed by atoms with Gasteiger partial charge in [-0.05, 0) is 60.7 Å². The summed E-state index contributed by atoms with van der Waals surface area (Å²) in [6, 6.07) is 18.8. The molecule has 0 unspecified atom stereocenters. The summed E-state index contributed by atoms with van der Waals surface area (Å²) in [5.41, 5.74) is 4.67. The lowest BCUT2D eigenvalue weighted by molar-refractivity contribution is 0.572. The summed E-state index contributed by atoms with van der Waals surface area (Å²) in [7, 11) is 0. The summed E-state index contributed by atoms with van der Waals surface area (Å²) in [6.45, 7) is 4.16. The highest BCUT2D eigenvalue weighted by Gasteiger charge is 2.09. The Morgan fingerprint density at radius 3 is 1.89 bits per heavy atom. The lowest BCUT2D eigenvalue weighted by atomic mass is 10.0. The molecule has 0 heterocycles.